The van der Waals surface area contributed by atoms with E-state index in [0.29, 0.717) is 5.49 Å². The molecule has 0 atom stereocenters. The summed E-state index contributed by atoms with van der Waals surface area (Å²) in [6, 6.07) is 3.81. The third-order valence-corrected chi connectivity index (χ3v) is 2.61. The van der Waals surface area contributed by atoms with Gasteiger partial charge in [0.05, 0.1) is 11.2 Å². The van der Waals surface area contributed by atoms with Gasteiger partial charge in [0.1, 0.15) is 22.9 Å². The molecule has 74 valence electrons. The summed E-state index contributed by atoms with van der Waals surface area (Å²) in [5.74, 6) is 0. The zero-order valence-electron chi connectivity index (χ0n) is 8.12. The second kappa shape index (κ2) is 2.57. The van der Waals surface area contributed by atoms with Crippen molar-refractivity contribution in [3.8, 4) is 0 Å². The summed E-state index contributed by atoms with van der Waals surface area (Å²) < 4.78 is 0. The van der Waals surface area contributed by atoms with E-state index in [0.717, 1.165) is 27.8 Å². The lowest BCUT2D eigenvalue weighted by atomic mass is 10.2. The van der Waals surface area contributed by atoms with Crippen LogP contribution in [0.1, 0.15) is 5.69 Å². The number of nitrogens with zero attached hydrogens (tertiary/aromatic N) is 5. The molecule has 0 fully saturated rings. The van der Waals surface area contributed by atoms with Crippen molar-refractivity contribution in [3.05, 3.63) is 34.9 Å². The molecule has 0 bridgehead atoms. The summed E-state index contributed by atoms with van der Waals surface area (Å²) in [6.45, 7) is 0. The molecule has 0 saturated heterocycles. The van der Waals surface area contributed by atoms with Gasteiger partial charge >= 0.3 is 0 Å². The molecule has 0 N–H and O–H groups in total. The largest absolute Gasteiger partial charge is 0.243 e. The van der Waals surface area contributed by atoms with Gasteiger partial charge in [-0.1, -0.05) is 0 Å². The Labute approximate surface area is 89.6 Å². The lowest BCUT2D eigenvalue weighted by Gasteiger charge is -1.98. The van der Waals surface area contributed by atoms with E-state index in [1.165, 1.54) is 6.34 Å². The van der Waals surface area contributed by atoms with Gasteiger partial charge in [0.15, 0.2) is 5.49 Å². The fourth-order valence-electron chi connectivity index (χ4n) is 1.87. The van der Waals surface area contributed by atoms with Crippen molar-refractivity contribution in [2.75, 3.05) is 0 Å². The van der Waals surface area contributed by atoms with Gasteiger partial charge in [-0.25, -0.2) is 24.9 Å². The average molecular weight is 207 g/mol. The topological polar surface area (TPSA) is 62.9 Å². The van der Waals surface area contributed by atoms with Crippen molar-refractivity contribution in [3.63, 3.8) is 0 Å². The second-order valence-electron chi connectivity index (χ2n) is 3.55. The van der Waals surface area contributed by atoms with Gasteiger partial charge in [-0.2, -0.15) is 0 Å². The van der Waals surface area contributed by atoms with Crippen molar-refractivity contribution in [2.24, 2.45) is 15.0 Å². The maximum absolute atomic E-state index is 4.47. The Hall–Kier alpha value is -2.43. The summed E-state index contributed by atoms with van der Waals surface area (Å²) in [6.07, 6.45) is 5.09. The Kier molecular flexibility index (Phi) is 1.26. The third-order valence-electron chi connectivity index (χ3n) is 2.61. The number of aliphatic imine (C=N–C) groups is 1. The summed E-state index contributed by atoms with van der Waals surface area (Å²) in [4.78, 5) is 21.4. The van der Waals surface area contributed by atoms with Gasteiger partial charge in [-0.3, -0.25) is 0 Å². The smallest absolute Gasteiger partial charge is 0.178 e. The molecule has 0 unspecified atom stereocenters. The van der Waals surface area contributed by atoms with Crippen LogP contribution in [0.25, 0.3) is 17.1 Å². The highest BCUT2D eigenvalue weighted by Crippen LogP contribution is 2.14. The van der Waals surface area contributed by atoms with Crippen LogP contribution in [0.3, 0.4) is 0 Å². The van der Waals surface area contributed by atoms with Crippen LogP contribution in [-0.4, -0.2) is 16.3 Å². The highest BCUT2D eigenvalue weighted by atomic mass is 15.0. The van der Waals surface area contributed by atoms with Crippen molar-refractivity contribution >= 4 is 29.1 Å². The highest BCUT2D eigenvalue weighted by molar-refractivity contribution is 5.82. The van der Waals surface area contributed by atoms with Crippen molar-refractivity contribution in [1.29, 1.82) is 0 Å². The number of hydrogen-bond acceptors (Lipinski definition) is 5. The standard InChI is InChI=1S/C11H5N5/c1-2-7-10(9-6(1)13-5-14-9)16-11-8(15-7)3-4-12-11/h1-5H. The van der Waals surface area contributed by atoms with Gasteiger partial charge in [0.25, 0.3) is 0 Å². The second-order valence-corrected chi connectivity index (χ2v) is 3.55. The molecular weight excluding hydrogens is 202 g/mol. The first-order valence-electron chi connectivity index (χ1n) is 4.87. The van der Waals surface area contributed by atoms with E-state index in [9.17, 15) is 0 Å². The summed E-state index contributed by atoms with van der Waals surface area (Å²) in [5.41, 5.74) is 3.90. The van der Waals surface area contributed by atoms with E-state index in [2.05, 4.69) is 24.9 Å². The first-order chi connectivity index (χ1) is 7.92. The van der Waals surface area contributed by atoms with Gasteiger partial charge in [0, 0.05) is 6.20 Å². The molecule has 5 nitrogen and oxygen atoms in total. The van der Waals surface area contributed by atoms with E-state index in [1.54, 1.807) is 6.20 Å². The van der Waals surface area contributed by atoms with Crippen molar-refractivity contribution in [1.82, 2.24) is 9.97 Å². The van der Waals surface area contributed by atoms with Crippen LogP contribution in [0.5, 0.6) is 0 Å². The Morgan fingerprint density at radius 1 is 1.00 bits per heavy atom. The third kappa shape index (κ3) is 0.869. The molecule has 3 heterocycles. The zero-order chi connectivity index (χ0) is 10.5. The van der Waals surface area contributed by atoms with E-state index in [-0.39, 0.29) is 0 Å². The predicted octanol–water partition coefficient (Wildman–Crippen LogP) is 0.527. The molecule has 2 aromatic rings. The van der Waals surface area contributed by atoms with Gasteiger partial charge in [0.2, 0.25) is 0 Å². The van der Waals surface area contributed by atoms with Crippen LogP contribution in [0.15, 0.2) is 33.3 Å². The van der Waals surface area contributed by atoms with Crippen LogP contribution < -0.4 is 10.8 Å². The lowest BCUT2D eigenvalue weighted by Crippen LogP contribution is -2.16. The van der Waals surface area contributed by atoms with E-state index in [4.69, 9.17) is 0 Å². The Morgan fingerprint density at radius 2 is 2.00 bits per heavy atom. The minimum absolute atomic E-state index is 0.656. The molecule has 0 amide bonds. The number of aromatic nitrogens is 2. The minimum atomic E-state index is 0.656. The fraction of sp³-hybridized carbons (Fsp3) is 0. The first-order valence-corrected chi connectivity index (χ1v) is 4.87. The molecule has 0 radical (unpaired) electrons. The Balaban J connectivity index is 2.27. The maximum Gasteiger partial charge on any atom is 0.178 e. The monoisotopic (exact) mass is 207 g/mol. The number of fused-ring (bicyclic) bond motifs is 4. The Morgan fingerprint density at radius 3 is 3.00 bits per heavy atom. The predicted molar refractivity (Wildman–Crippen MR) is 59.0 cm³/mol. The van der Waals surface area contributed by atoms with Gasteiger partial charge < -0.3 is 0 Å². The van der Waals surface area contributed by atoms with E-state index in [1.807, 2.05) is 18.2 Å². The van der Waals surface area contributed by atoms with Crippen LogP contribution in [-0.2, 0) is 0 Å². The van der Waals surface area contributed by atoms with Gasteiger partial charge in [-0.15, -0.1) is 0 Å². The highest BCUT2D eigenvalue weighted by Gasteiger charge is 2.10. The number of benzene rings is 1. The molecule has 0 saturated carbocycles. The van der Waals surface area contributed by atoms with E-state index >= 15 is 0 Å². The minimum Gasteiger partial charge on any atom is -0.243 e. The summed E-state index contributed by atoms with van der Waals surface area (Å²) in [5, 5.41) is 0.787. The van der Waals surface area contributed by atoms with Crippen LogP contribution >= 0.6 is 0 Å². The summed E-state index contributed by atoms with van der Waals surface area (Å²) >= 11 is 0. The molecule has 2 aliphatic rings. The molecule has 5 heteroatoms. The molecule has 1 aromatic heterocycles. The molecular formula is C11H5N5. The van der Waals surface area contributed by atoms with Crippen LogP contribution in [0.4, 0.5) is 5.69 Å². The zero-order valence-corrected chi connectivity index (χ0v) is 8.12. The molecule has 16 heavy (non-hydrogen) atoms. The first kappa shape index (κ1) is 7.81. The van der Waals surface area contributed by atoms with Gasteiger partial charge in [-0.05, 0) is 18.2 Å². The summed E-state index contributed by atoms with van der Waals surface area (Å²) in [7, 11) is 0. The van der Waals surface area contributed by atoms with E-state index < -0.39 is 0 Å². The average Bonchev–Trinajstić information content (AvgIpc) is 2.94. The molecule has 0 aliphatic carbocycles. The fourth-order valence-corrected chi connectivity index (χ4v) is 1.87. The number of hydrogen-bond donors (Lipinski definition) is 0. The van der Waals surface area contributed by atoms with Crippen molar-refractivity contribution in [2.45, 2.75) is 0 Å². The SMILES string of the molecule is C1=Cc2nc3ccc4c(c3nc2=N1)=NC=N4. The Bertz CT molecular complexity index is 801. The van der Waals surface area contributed by atoms with Crippen LogP contribution in [0, 0.1) is 0 Å². The normalized spacial score (nSPS) is 14.8. The molecule has 1 aromatic carbocycles. The molecule has 4 rings (SSSR count). The quantitative estimate of drug-likeness (QED) is 0.632. The van der Waals surface area contributed by atoms with Crippen LogP contribution in [0.2, 0.25) is 0 Å². The molecule has 2 aliphatic heterocycles. The molecule has 0 spiro atoms. The number of rotatable bonds is 0. The lowest BCUT2D eigenvalue weighted by molar-refractivity contribution is 1.13. The van der Waals surface area contributed by atoms with Crippen molar-refractivity contribution < 1.29 is 0 Å². The maximum atomic E-state index is 4.47.